The van der Waals surface area contributed by atoms with Gasteiger partial charge in [-0.15, -0.1) is 0 Å². The van der Waals surface area contributed by atoms with E-state index in [1.165, 1.54) is 10.4 Å². The maximum atomic E-state index is 13.0. The molecule has 3 N–H and O–H groups in total. The second-order valence-corrected chi connectivity index (χ2v) is 20.4. The van der Waals surface area contributed by atoms with Crippen LogP contribution in [0.4, 0.5) is 0 Å². The first-order valence-electron chi connectivity index (χ1n) is 16.3. The molecule has 1 saturated heterocycles. The molecule has 0 bridgehead atoms. The van der Waals surface area contributed by atoms with Crippen LogP contribution in [0, 0.1) is 5.41 Å². The first kappa shape index (κ1) is 38.4. The zero-order valence-electron chi connectivity index (χ0n) is 28.7. The number of rotatable bonds is 17. The van der Waals surface area contributed by atoms with E-state index in [1.54, 1.807) is 0 Å². The SMILES string of the molecule is CC(C)(CCO[Si](c1ccccc1)(c1ccccc1)C(C)(C)C)COS(O)(O)CCOC[C@@H]1C[C@H](N2C(=O)C=CC2=O)C(=O)N1CC(=O)O. The fraction of sp³-hybridized carbons (Fsp3) is 0.486. The number of nitrogens with zero attached hydrogens (tertiary/aromatic N) is 2. The van der Waals surface area contributed by atoms with Gasteiger partial charge in [0.15, 0.2) is 0 Å². The Morgan fingerprint density at radius 2 is 1.45 bits per heavy atom. The van der Waals surface area contributed by atoms with Crippen LogP contribution in [0.3, 0.4) is 0 Å². The molecule has 0 unspecified atom stereocenters. The number of aliphatic carboxylic acids is 1. The van der Waals surface area contributed by atoms with Crippen molar-refractivity contribution in [3.8, 4) is 0 Å². The third-order valence-electron chi connectivity index (χ3n) is 8.92. The zero-order chi connectivity index (χ0) is 36.0. The number of hydrogen-bond donors (Lipinski definition) is 3. The molecule has 1 fully saturated rings. The van der Waals surface area contributed by atoms with Gasteiger partial charge in [-0.05, 0) is 27.2 Å². The lowest BCUT2D eigenvalue weighted by atomic mass is 9.91. The molecule has 14 heteroatoms. The molecule has 0 aliphatic carbocycles. The topological polar surface area (TPSA) is 163 Å². The average Bonchev–Trinajstić information content (AvgIpc) is 3.52. The zero-order valence-corrected chi connectivity index (χ0v) is 30.6. The molecule has 0 spiro atoms. The van der Waals surface area contributed by atoms with E-state index in [0.29, 0.717) is 13.0 Å². The van der Waals surface area contributed by atoms with Crippen LogP contribution in [-0.2, 0) is 32.5 Å². The summed E-state index contributed by atoms with van der Waals surface area (Å²) >= 11 is 0. The highest BCUT2D eigenvalue weighted by Crippen LogP contribution is 2.42. The minimum absolute atomic E-state index is 0.00217. The molecule has 3 amide bonds. The van der Waals surface area contributed by atoms with E-state index in [0.717, 1.165) is 22.0 Å². The molecule has 0 saturated carbocycles. The number of carbonyl (C=O) groups excluding carboxylic acids is 3. The van der Waals surface area contributed by atoms with Crippen molar-refractivity contribution in [1.29, 1.82) is 0 Å². The van der Waals surface area contributed by atoms with Gasteiger partial charge >= 0.3 is 5.97 Å². The van der Waals surface area contributed by atoms with Crippen molar-refractivity contribution in [3.63, 3.8) is 0 Å². The van der Waals surface area contributed by atoms with Gasteiger partial charge in [0.05, 0.1) is 42.5 Å². The number of likely N-dealkylation sites (tertiary alicyclic amines) is 1. The van der Waals surface area contributed by atoms with Crippen molar-refractivity contribution in [2.24, 2.45) is 5.41 Å². The van der Waals surface area contributed by atoms with E-state index in [4.69, 9.17) is 13.3 Å². The highest BCUT2D eigenvalue weighted by molar-refractivity contribution is 8.20. The van der Waals surface area contributed by atoms with Gasteiger partial charge in [0, 0.05) is 25.2 Å². The Labute approximate surface area is 290 Å². The lowest BCUT2D eigenvalue weighted by molar-refractivity contribution is -0.149. The number of benzene rings is 2. The number of ether oxygens (including phenoxy) is 1. The van der Waals surface area contributed by atoms with Crippen LogP contribution in [0.15, 0.2) is 72.8 Å². The number of carboxylic acids is 1. The molecular formula is C35H48N2O10SSi. The normalized spacial score (nSPS) is 19.3. The molecule has 2 aliphatic heterocycles. The lowest BCUT2D eigenvalue weighted by Gasteiger charge is -2.43. The summed E-state index contributed by atoms with van der Waals surface area (Å²) in [6, 6.07) is 18.8. The highest BCUT2D eigenvalue weighted by Gasteiger charge is 2.50. The smallest absolute Gasteiger partial charge is 0.323 e. The first-order valence-corrected chi connectivity index (χ1v) is 19.8. The molecule has 4 rings (SSSR count). The van der Waals surface area contributed by atoms with Gasteiger partial charge in [0.25, 0.3) is 20.1 Å². The van der Waals surface area contributed by atoms with Gasteiger partial charge in [-0.3, -0.25) is 28.3 Å². The van der Waals surface area contributed by atoms with Crippen LogP contribution in [0.5, 0.6) is 0 Å². The molecule has 49 heavy (non-hydrogen) atoms. The average molecular weight is 717 g/mol. The molecule has 2 aliphatic rings. The minimum Gasteiger partial charge on any atom is -0.480 e. The Morgan fingerprint density at radius 1 is 0.898 bits per heavy atom. The first-order chi connectivity index (χ1) is 23.0. The Balaban J connectivity index is 1.30. The summed E-state index contributed by atoms with van der Waals surface area (Å²) < 4.78 is 39.6. The van der Waals surface area contributed by atoms with Crippen molar-refractivity contribution in [1.82, 2.24) is 9.80 Å². The Hall–Kier alpha value is -3.37. The third kappa shape index (κ3) is 9.25. The lowest BCUT2D eigenvalue weighted by Crippen LogP contribution is -2.66. The minimum atomic E-state index is -3.49. The van der Waals surface area contributed by atoms with Crippen molar-refractivity contribution in [3.05, 3.63) is 72.8 Å². The van der Waals surface area contributed by atoms with E-state index in [-0.39, 0.29) is 37.0 Å². The van der Waals surface area contributed by atoms with Crippen LogP contribution >= 0.6 is 10.9 Å². The van der Waals surface area contributed by atoms with Gasteiger partial charge in [0.2, 0.25) is 5.91 Å². The summed E-state index contributed by atoms with van der Waals surface area (Å²) in [6.07, 6.45) is 2.73. The van der Waals surface area contributed by atoms with Crippen LogP contribution < -0.4 is 10.4 Å². The van der Waals surface area contributed by atoms with Crippen LogP contribution in [0.1, 0.15) is 47.5 Å². The van der Waals surface area contributed by atoms with Gasteiger partial charge in [-0.25, -0.2) is 0 Å². The third-order valence-corrected chi connectivity index (χ3v) is 15.2. The Bertz CT molecular complexity index is 1460. The number of carbonyl (C=O) groups is 4. The largest absolute Gasteiger partial charge is 0.480 e. The van der Waals surface area contributed by atoms with Crippen molar-refractivity contribution in [2.45, 2.75) is 64.6 Å². The summed E-state index contributed by atoms with van der Waals surface area (Å²) in [7, 11) is -6.22. The van der Waals surface area contributed by atoms with E-state index in [2.05, 4.69) is 45.0 Å². The van der Waals surface area contributed by atoms with Crippen molar-refractivity contribution >= 4 is 53.3 Å². The van der Waals surface area contributed by atoms with Crippen LogP contribution in [0.2, 0.25) is 5.04 Å². The van der Waals surface area contributed by atoms with E-state index in [9.17, 15) is 33.4 Å². The summed E-state index contributed by atoms with van der Waals surface area (Å²) in [6.45, 7) is 10.2. The van der Waals surface area contributed by atoms with Crippen LogP contribution in [-0.4, -0.2) is 107 Å². The number of carboxylic acid groups (broad SMARTS) is 1. The molecular weight excluding hydrogens is 669 g/mol. The summed E-state index contributed by atoms with van der Waals surface area (Å²) in [5.41, 5.74) is -0.466. The molecule has 2 atom stereocenters. The predicted molar refractivity (Wildman–Crippen MR) is 189 cm³/mol. The fourth-order valence-corrected chi connectivity index (χ4v) is 11.8. The standard InChI is InChI=1S/C35H48N2O10SSi/c1-34(2,3)49(27-12-8-6-9-13-27,28-14-10-7-11-15-28)47-19-18-35(4,5)25-46-48(43,44)21-20-45-24-26-22-29(33(42)36(26)23-32(40)41)37-30(38)16-17-31(37)39/h6-17,26,29,43-44H,18-25H2,1-5H3,(H,40,41)/t26-,29-/m0/s1. The van der Waals surface area contributed by atoms with Crippen LogP contribution in [0.25, 0.3) is 0 Å². The monoisotopic (exact) mass is 716 g/mol. The van der Waals surface area contributed by atoms with E-state index in [1.807, 2.05) is 50.2 Å². The molecule has 268 valence electrons. The summed E-state index contributed by atoms with van der Waals surface area (Å²) in [5.74, 6) is -3.42. The maximum absolute atomic E-state index is 13.0. The van der Waals surface area contributed by atoms with E-state index >= 15 is 0 Å². The number of imide groups is 1. The number of amides is 3. The fourth-order valence-electron chi connectivity index (χ4n) is 6.32. The van der Waals surface area contributed by atoms with Gasteiger partial charge in [-0.2, -0.15) is 0 Å². The molecule has 2 heterocycles. The van der Waals surface area contributed by atoms with Gasteiger partial charge in [0.1, 0.15) is 12.6 Å². The second-order valence-electron chi connectivity index (χ2n) is 14.2. The predicted octanol–water partition coefficient (Wildman–Crippen LogP) is 3.66. The Kier molecular flexibility index (Phi) is 12.3. The van der Waals surface area contributed by atoms with Gasteiger partial charge in [-0.1, -0.05) is 95.3 Å². The molecule has 2 aromatic carbocycles. The molecule has 0 radical (unpaired) electrons. The molecule has 0 aromatic heterocycles. The van der Waals surface area contributed by atoms with E-state index < -0.39 is 66.9 Å². The van der Waals surface area contributed by atoms with Gasteiger partial charge < -0.3 is 28.3 Å². The molecule has 12 nitrogen and oxygen atoms in total. The Morgan fingerprint density at radius 3 is 1.96 bits per heavy atom. The quantitative estimate of drug-likeness (QED) is 0.125. The maximum Gasteiger partial charge on any atom is 0.323 e. The van der Waals surface area contributed by atoms with Crippen molar-refractivity contribution in [2.75, 3.05) is 38.7 Å². The highest BCUT2D eigenvalue weighted by atomic mass is 32.3. The number of hydrogen-bond acceptors (Lipinski definition) is 9. The van der Waals surface area contributed by atoms with Crippen molar-refractivity contribution < 1.29 is 46.7 Å². The summed E-state index contributed by atoms with van der Waals surface area (Å²) in [5, 5.41) is 11.5. The second kappa shape index (κ2) is 15.7. The summed E-state index contributed by atoms with van der Waals surface area (Å²) in [4.78, 5) is 50.6. The molecule has 2 aromatic rings.